The van der Waals surface area contributed by atoms with Gasteiger partial charge in [0.1, 0.15) is 11.2 Å². The maximum atomic E-state index is 14.1. The zero-order valence-corrected chi connectivity index (χ0v) is 29.7. The first-order chi connectivity index (χ1) is 21.7. The Labute approximate surface area is 282 Å². The maximum Gasteiger partial charge on any atom is 0.421 e. The number of ether oxygens (including phenoxy) is 2. The Morgan fingerprint density at radius 1 is 0.936 bits per heavy atom. The minimum Gasteiger partial charge on any atom is -0.443 e. The lowest BCUT2D eigenvalue weighted by Gasteiger charge is -2.30. The van der Waals surface area contributed by atoms with E-state index < -0.39 is 39.8 Å². The van der Waals surface area contributed by atoms with Crippen LogP contribution in [0.1, 0.15) is 63.9 Å². The van der Waals surface area contributed by atoms with Crippen LogP contribution in [0.2, 0.25) is 0 Å². The Morgan fingerprint density at radius 2 is 1.45 bits per heavy atom. The molecule has 0 N–H and O–H groups in total. The van der Waals surface area contributed by atoms with Gasteiger partial charge in [-0.05, 0) is 109 Å². The van der Waals surface area contributed by atoms with E-state index >= 15 is 0 Å². The molecule has 0 fully saturated rings. The number of carbonyl (C=O) groups excluding carboxylic acids is 2. The Bertz CT molecular complexity index is 1730. The highest BCUT2D eigenvalue weighted by Gasteiger charge is 2.38. The third kappa shape index (κ3) is 9.26. The molecule has 0 aliphatic heterocycles. The number of amides is 2. The van der Waals surface area contributed by atoms with E-state index in [4.69, 9.17) is 9.47 Å². The van der Waals surface area contributed by atoms with Gasteiger partial charge >= 0.3 is 17.9 Å². The van der Waals surface area contributed by atoms with Crippen molar-refractivity contribution in [3.05, 3.63) is 79.6 Å². The summed E-state index contributed by atoms with van der Waals surface area (Å²) in [5, 5.41) is 22.2. The normalized spacial score (nSPS) is 11.5. The van der Waals surface area contributed by atoms with Crippen molar-refractivity contribution in [2.45, 2.75) is 66.6 Å². The molecule has 14 heteroatoms. The summed E-state index contributed by atoms with van der Waals surface area (Å²) in [6, 6.07) is 11.5. The number of hydrogen-bond donors (Lipinski definition) is 0. The summed E-state index contributed by atoms with van der Waals surface area (Å²) in [6.07, 6.45) is 1.08. The van der Waals surface area contributed by atoms with Crippen molar-refractivity contribution in [2.24, 2.45) is 0 Å². The van der Waals surface area contributed by atoms with E-state index in [9.17, 15) is 25.0 Å². The molecule has 0 unspecified atom stereocenters. The summed E-state index contributed by atoms with van der Waals surface area (Å²) in [4.78, 5) is 52.8. The largest absolute Gasteiger partial charge is 0.443 e. The van der Waals surface area contributed by atoms with Crippen molar-refractivity contribution in [3.63, 3.8) is 0 Å². The smallest absolute Gasteiger partial charge is 0.421 e. The maximum absolute atomic E-state index is 14.1. The lowest BCUT2D eigenvalue weighted by atomic mass is 10.1. The van der Waals surface area contributed by atoms with Crippen LogP contribution in [0.5, 0.6) is 0 Å². The molecular formula is C33H38BrN7O6. The number of aryl methyl sites for hydroxylation is 2. The SMILES string of the molecule is Cc1cc(Br)cc(C)c1N(C(=O)OC(C)(C)C)c1nc(N(C(=O)OC(C)(C)C)c2ccc(C#N)cc2)nc(C=CN(C)C)c1[N+](=O)[O-]. The van der Waals surface area contributed by atoms with E-state index in [0.29, 0.717) is 22.4 Å². The predicted octanol–water partition coefficient (Wildman–Crippen LogP) is 8.31. The van der Waals surface area contributed by atoms with Crippen LogP contribution in [0.3, 0.4) is 0 Å². The van der Waals surface area contributed by atoms with E-state index in [1.807, 2.05) is 6.07 Å². The van der Waals surface area contributed by atoms with Crippen LogP contribution in [0.4, 0.5) is 38.4 Å². The molecule has 2 aromatic carbocycles. The summed E-state index contributed by atoms with van der Waals surface area (Å²) < 4.78 is 12.2. The second-order valence-electron chi connectivity index (χ2n) is 12.8. The zero-order chi connectivity index (χ0) is 35.4. The molecule has 0 aliphatic rings. The van der Waals surface area contributed by atoms with Gasteiger partial charge < -0.3 is 14.4 Å². The van der Waals surface area contributed by atoms with E-state index in [1.165, 1.54) is 36.5 Å². The highest BCUT2D eigenvalue weighted by molar-refractivity contribution is 9.10. The van der Waals surface area contributed by atoms with Crippen molar-refractivity contribution < 1.29 is 24.0 Å². The highest BCUT2D eigenvalue weighted by atomic mass is 79.9. The molecule has 0 spiro atoms. The van der Waals surface area contributed by atoms with Crippen molar-refractivity contribution in [2.75, 3.05) is 23.9 Å². The van der Waals surface area contributed by atoms with Crippen LogP contribution in [-0.4, -0.2) is 57.3 Å². The van der Waals surface area contributed by atoms with Crippen molar-refractivity contribution >= 4 is 63.0 Å². The average molecular weight is 709 g/mol. The van der Waals surface area contributed by atoms with Crippen molar-refractivity contribution in [1.29, 1.82) is 5.26 Å². The number of benzene rings is 2. The van der Waals surface area contributed by atoms with E-state index in [0.717, 1.165) is 14.3 Å². The monoisotopic (exact) mass is 707 g/mol. The van der Waals surface area contributed by atoms with Gasteiger partial charge in [-0.3, -0.25) is 10.1 Å². The number of nitrogens with zero attached hydrogens (tertiary/aromatic N) is 7. The van der Waals surface area contributed by atoms with Gasteiger partial charge in [-0.25, -0.2) is 24.4 Å². The molecule has 3 rings (SSSR count). The van der Waals surface area contributed by atoms with Gasteiger partial charge in [0.15, 0.2) is 5.69 Å². The Kier molecular flexibility index (Phi) is 11.0. The molecule has 0 saturated carbocycles. The summed E-state index contributed by atoms with van der Waals surface area (Å²) in [5.41, 5.74) is -0.758. The third-order valence-electron chi connectivity index (χ3n) is 6.09. The van der Waals surface area contributed by atoms with E-state index in [1.54, 1.807) is 86.5 Å². The summed E-state index contributed by atoms with van der Waals surface area (Å²) in [6.45, 7) is 13.5. The van der Waals surface area contributed by atoms with Crippen LogP contribution in [0.15, 0.2) is 47.1 Å². The summed E-state index contributed by atoms with van der Waals surface area (Å²) in [5.74, 6) is -0.771. The number of aromatic nitrogens is 2. The molecule has 0 aliphatic carbocycles. The Morgan fingerprint density at radius 3 is 1.89 bits per heavy atom. The minimum atomic E-state index is -0.990. The first-order valence-electron chi connectivity index (χ1n) is 14.5. The fourth-order valence-corrected chi connectivity index (χ4v) is 5.04. The molecule has 0 atom stereocenters. The van der Waals surface area contributed by atoms with Gasteiger partial charge in [0.2, 0.25) is 11.8 Å². The average Bonchev–Trinajstić information content (AvgIpc) is 2.91. The van der Waals surface area contributed by atoms with E-state index in [2.05, 4.69) is 25.9 Å². The highest BCUT2D eigenvalue weighted by Crippen LogP contribution is 2.41. The quantitative estimate of drug-likeness (QED) is 0.173. The first kappa shape index (κ1) is 36.4. The fraction of sp³-hybridized carbons (Fsp3) is 0.364. The number of carbonyl (C=O) groups is 2. The fourth-order valence-electron chi connectivity index (χ4n) is 4.36. The van der Waals surface area contributed by atoms with Crippen LogP contribution >= 0.6 is 15.9 Å². The van der Waals surface area contributed by atoms with Gasteiger partial charge in [0, 0.05) is 24.8 Å². The zero-order valence-electron chi connectivity index (χ0n) is 28.1. The summed E-state index contributed by atoms with van der Waals surface area (Å²) >= 11 is 3.47. The van der Waals surface area contributed by atoms with Crippen molar-refractivity contribution in [3.8, 4) is 6.07 Å². The molecule has 0 radical (unpaired) electrons. The van der Waals surface area contributed by atoms with Gasteiger partial charge in [-0.15, -0.1) is 0 Å². The Balaban J connectivity index is 2.55. The number of anilines is 4. The molecule has 1 heterocycles. The molecule has 3 aromatic rings. The molecule has 1 aromatic heterocycles. The first-order valence-corrected chi connectivity index (χ1v) is 15.3. The molecule has 13 nitrogen and oxygen atoms in total. The topological polar surface area (TPSA) is 155 Å². The summed E-state index contributed by atoms with van der Waals surface area (Å²) in [7, 11) is 3.44. The molecule has 248 valence electrons. The number of rotatable bonds is 7. The second-order valence-corrected chi connectivity index (χ2v) is 13.7. The lowest BCUT2D eigenvalue weighted by Crippen LogP contribution is -2.37. The Hall–Kier alpha value is -5.03. The van der Waals surface area contributed by atoms with E-state index in [-0.39, 0.29) is 17.3 Å². The number of halogens is 1. The van der Waals surface area contributed by atoms with Gasteiger partial charge in [0.05, 0.1) is 27.9 Å². The van der Waals surface area contributed by atoms with Gasteiger partial charge in [0.25, 0.3) is 0 Å². The molecule has 47 heavy (non-hydrogen) atoms. The minimum absolute atomic E-state index is 0.202. The standard InChI is InChI=1S/C33H38BrN7O6/c1-20-17-23(34)18-21(2)26(20)40(31(43)47-33(6,7)8)28-27(41(44)45)25(15-16-38(9)10)36-29(37-28)39(30(42)46-32(3,4)5)24-13-11-22(19-35)12-14-24/h11-18H,1-10H3. The van der Waals surface area contributed by atoms with Crippen LogP contribution in [0.25, 0.3) is 6.08 Å². The second kappa shape index (κ2) is 14.2. The third-order valence-corrected chi connectivity index (χ3v) is 6.55. The number of nitro groups is 1. The van der Waals surface area contributed by atoms with Crippen LogP contribution in [0, 0.1) is 35.3 Å². The van der Waals surface area contributed by atoms with Crippen LogP contribution in [-0.2, 0) is 9.47 Å². The predicted molar refractivity (Wildman–Crippen MR) is 183 cm³/mol. The van der Waals surface area contributed by atoms with Crippen molar-refractivity contribution in [1.82, 2.24) is 14.9 Å². The molecule has 2 amide bonds. The molecule has 0 saturated heterocycles. The lowest BCUT2D eigenvalue weighted by molar-refractivity contribution is -0.384. The molecule has 0 bridgehead atoms. The van der Waals surface area contributed by atoms with Crippen LogP contribution < -0.4 is 9.80 Å². The molecular weight excluding hydrogens is 670 g/mol. The number of nitriles is 1. The van der Waals surface area contributed by atoms with Gasteiger partial charge in [-0.2, -0.15) is 10.2 Å². The number of hydrogen-bond acceptors (Lipinski definition) is 10. The van der Waals surface area contributed by atoms with Gasteiger partial charge in [-0.1, -0.05) is 15.9 Å².